The van der Waals surface area contributed by atoms with Crippen LogP contribution < -0.4 is 5.56 Å². The largest absolute Gasteiger partial charge is 0.506 e. The summed E-state index contributed by atoms with van der Waals surface area (Å²) in [6.07, 6.45) is 0.475. The van der Waals surface area contributed by atoms with Crippen molar-refractivity contribution < 1.29 is 10.2 Å². The predicted octanol–water partition coefficient (Wildman–Crippen LogP) is 3.15. The third-order valence-electron chi connectivity index (χ3n) is 5.14. The molecule has 1 aromatic heterocycles. The average molecular weight is 442 g/mol. The van der Waals surface area contributed by atoms with Gasteiger partial charge >= 0.3 is 0 Å². The highest BCUT2D eigenvalue weighted by Gasteiger charge is 2.32. The molecule has 2 aromatic carbocycles. The summed E-state index contributed by atoms with van der Waals surface area (Å²) in [5.74, 6) is -0.0437. The topological polar surface area (TPSA) is 78.1 Å². The van der Waals surface area contributed by atoms with Gasteiger partial charge in [0.25, 0.3) is 5.56 Å². The lowest BCUT2D eigenvalue weighted by Crippen LogP contribution is -2.24. The Labute approximate surface area is 170 Å². The molecule has 0 spiro atoms. The van der Waals surface area contributed by atoms with Crippen LogP contribution in [0.15, 0.2) is 62.9 Å². The van der Waals surface area contributed by atoms with Gasteiger partial charge in [-0.3, -0.25) is 9.80 Å². The number of rotatable bonds is 4. The summed E-state index contributed by atoms with van der Waals surface area (Å²) in [6, 6.07) is 15.1. The van der Waals surface area contributed by atoms with E-state index in [2.05, 4.69) is 21.0 Å². The van der Waals surface area contributed by atoms with Gasteiger partial charge in [-0.2, -0.15) is 5.10 Å². The number of hydrogen-bond acceptors (Lipinski definition) is 5. The van der Waals surface area contributed by atoms with Crippen LogP contribution in [0.5, 0.6) is 5.75 Å². The Balaban J connectivity index is 1.82. The molecule has 4 rings (SSSR count). The number of pyridine rings is 1. The molecule has 0 amide bonds. The second kappa shape index (κ2) is 7.41. The molecular weight excluding hydrogens is 422 g/mol. The molecule has 1 atom stereocenters. The van der Waals surface area contributed by atoms with E-state index in [4.69, 9.17) is 0 Å². The number of para-hydroxylation sites is 1. The van der Waals surface area contributed by atoms with Crippen LogP contribution >= 0.6 is 15.9 Å². The molecule has 1 aliphatic heterocycles. The lowest BCUT2D eigenvalue weighted by atomic mass is 9.97. The van der Waals surface area contributed by atoms with Gasteiger partial charge in [-0.25, -0.2) is 0 Å². The number of hydrazone groups is 1. The Bertz CT molecular complexity index is 1120. The van der Waals surface area contributed by atoms with Crippen LogP contribution in [-0.4, -0.2) is 38.7 Å². The maximum atomic E-state index is 13.0. The van der Waals surface area contributed by atoms with E-state index in [0.29, 0.717) is 29.6 Å². The van der Waals surface area contributed by atoms with Gasteiger partial charge in [-0.05, 0) is 29.8 Å². The van der Waals surface area contributed by atoms with Gasteiger partial charge in [-0.15, -0.1) is 0 Å². The molecule has 1 aliphatic rings. The summed E-state index contributed by atoms with van der Waals surface area (Å²) in [4.78, 5) is 13.0. The monoisotopic (exact) mass is 441 g/mol. The van der Waals surface area contributed by atoms with Gasteiger partial charge < -0.3 is 14.8 Å². The molecule has 3 aromatic rings. The lowest BCUT2D eigenvalue weighted by Gasteiger charge is -2.23. The van der Waals surface area contributed by atoms with Crippen LogP contribution in [0, 0.1) is 0 Å². The van der Waals surface area contributed by atoms with Crippen molar-refractivity contribution in [3.63, 3.8) is 0 Å². The third-order valence-corrected chi connectivity index (χ3v) is 5.67. The average Bonchev–Trinajstić information content (AvgIpc) is 3.11. The Morgan fingerprint density at radius 3 is 2.61 bits per heavy atom. The summed E-state index contributed by atoms with van der Waals surface area (Å²) in [5.41, 5.74) is 2.18. The number of β-amino-alcohol motifs (C(OH)–C–C–N with tert-alkyl or cyclic N) is 1. The molecular formula is C21H20BrN3O3. The number of aromatic hydroxyl groups is 1. The molecule has 0 saturated carbocycles. The van der Waals surface area contributed by atoms with Crippen molar-refractivity contribution in [2.24, 2.45) is 12.1 Å². The normalized spacial score (nSPS) is 16.6. The molecule has 0 saturated heterocycles. The number of aromatic nitrogens is 1. The number of benzene rings is 2. The van der Waals surface area contributed by atoms with Gasteiger partial charge in [0.05, 0.1) is 30.4 Å². The number of hydrogen-bond donors (Lipinski definition) is 2. The van der Waals surface area contributed by atoms with Crippen LogP contribution in [-0.2, 0) is 7.05 Å². The first kappa shape index (κ1) is 18.7. The fourth-order valence-electron chi connectivity index (χ4n) is 3.73. The summed E-state index contributed by atoms with van der Waals surface area (Å²) in [7, 11) is 1.70. The molecule has 0 aliphatic carbocycles. The van der Waals surface area contributed by atoms with Crippen molar-refractivity contribution in [3.8, 4) is 5.75 Å². The highest BCUT2D eigenvalue weighted by molar-refractivity contribution is 9.10. The first-order valence-electron chi connectivity index (χ1n) is 9.02. The van der Waals surface area contributed by atoms with Crippen LogP contribution in [0.2, 0.25) is 0 Å². The molecule has 28 heavy (non-hydrogen) atoms. The maximum absolute atomic E-state index is 13.0. The van der Waals surface area contributed by atoms with Crippen molar-refractivity contribution in [3.05, 3.63) is 74.5 Å². The van der Waals surface area contributed by atoms with Crippen LogP contribution in [0.1, 0.15) is 23.6 Å². The van der Waals surface area contributed by atoms with E-state index in [9.17, 15) is 15.0 Å². The van der Waals surface area contributed by atoms with Crippen molar-refractivity contribution in [2.75, 3.05) is 13.2 Å². The van der Waals surface area contributed by atoms with Crippen molar-refractivity contribution >= 4 is 32.5 Å². The van der Waals surface area contributed by atoms with Crippen molar-refractivity contribution in [2.45, 2.75) is 12.5 Å². The lowest BCUT2D eigenvalue weighted by molar-refractivity contribution is 0.172. The summed E-state index contributed by atoms with van der Waals surface area (Å²) < 4.78 is 2.51. The fraction of sp³-hybridized carbons (Fsp3) is 0.238. The predicted molar refractivity (Wildman–Crippen MR) is 113 cm³/mol. The second-order valence-electron chi connectivity index (χ2n) is 6.81. The highest BCUT2D eigenvalue weighted by atomic mass is 79.9. The molecule has 0 radical (unpaired) electrons. The Morgan fingerprint density at radius 1 is 1.18 bits per heavy atom. The molecule has 7 heteroatoms. The minimum absolute atomic E-state index is 0.0437. The van der Waals surface area contributed by atoms with E-state index in [1.165, 1.54) is 4.57 Å². The molecule has 0 bridgehead atoms. The number of aliphatic hydroxyl groups is 1. The first-order valence-corrected chi connectivity index (χ1v) is 9.82. The summed E-state index contributed by atoms with van der Waals surface area (Å²) in [6.45, 7) is 0.296. The fourth-order valence-corrected chi connectivity index (χ4v) is 3.99. The number of nitrogens with zero attached hydrogens (tertiary/aromatic N) is 3. The quantitative estimate of drug-likeness (QED) is 0.651. The minimum Gasteiger partial charge on any atom is -0.506 e. The number of fused-ring (bicyclic) bond motifs is 1. The summed E-state index contributed by atoms with van der Waals surface area (Å²) >= 11 is 3.44. The zero-order valence-electron chi connectivity index (χ0n) is 15.3. The molecule has 6 nitrogen and oxygen atoms in total. The highest BCUT2D eigenvalue weighted by Crippen LogP contribution is 2.35. The van der Waals surface area contributed by atoms with E-state index in [-0.39, 0.29) is 29.5 Å². The smallest absolute Gasteiger partial charge is 0.263 e. The molecule has 0 fully saturated rings. The van der Waals surface area contributed by atoms with E-state index in [1.54, 1.807) is 24.2 Å². The number of aryl methyl sites for hydroxylation is 1. The van der Waals surface area contributed by atoms with Crippen molar-refractivity contribution in [1.29, 1.82) is 0 Å². The summed E-state index contributed by atoms with van der Waals surface area (Å²) in [5, 5.41) is 27.3. The van der Waals surface area contributed by atoms with Gasteiger partial charge in [-0.1, -0.05) is 40.2 Å². The van der Waals surface area contributed by atoms with E-state index in [1.807, 2.05) is 36.4 Å². The molecule has 144 valence electrons. The Hall–Kier alpha value is -2.64. The van der Waals surface area contributed by atoms with E-state index in [0.717, 1.165) is 10.0 Å². The van der Waals surface area contributed by atoms with Gasteiger partial charge in [0.1, 0.15) is 11.3 Å². The standard InChI is InChI=1S/C21H20BrN3O3/c1-24-17-5-3-2-4-15(17)20(27)19(21(24)28)16-12-18(25(23-16)10-11-26)13-6-8-14(22)9-7-13/h2-9,18,26-27H,10-12H2,1H3. The minimum atomic E-state index is -0.282. The van der Waals surface area contributed by atoms with Crippen LogP contribution in [0.3, 0.4) is 0 Å². The zero-order valence-corrected chi connectivity index (χ0v) is 16.9. The van der Waals surface area contributed by atoms with Gasteiger partial charge in [0, 0.05) is 23.3 Å². The van der Waals surface area contributed by atoms with Gasteiger partial charge in [0.2, 0.25) is 0 Å². The van der Waals surface area contributed by atoms with E-state index < -0.39 is 0 Å². The Morgan fingerprint density at radius 2 is 1.89 bits per heavy atom. The van der Waals surface area contributed by atoms with Gasteiger partial charge in [0.15, 0.2) is 0 Å². The SMILES string of the molecule is Cn1c(=O)c(C2=NN(CCO)C(c3ccc(Br)cc3)C2)c(O)c2ccccc21. The second-order valence-corrected chi connectivity index (χ2v) is 7.73. The number of halogens is 1. The molecule has 1 unspecified atom stereocenters. The van der Waals surface area contributed by atoms with Crippen molar-refractivity contribution in [1.82, 2.24) is 9.58 Å². The number of aliphatic hydroxyl groups excluding tert-OH is 1. The maximum Gasteiger partial charge on any atom is 0.263 e. The molecule has 2 N–H and O–H groups in total. The zero-order chi connectivity index (χ0) is 19.8. The Kier molecular flexibility index (Phi) is 4.95. The molecule has 2 heterocycles. The first-order chi connectivity index (χ1) is 13.5. The van der Waals surface area contributed by atoms with Crippen LogP contribution in [0.4, 0.5) is 0 Å². The third kappa shape index (κ3) is 3.10. The van der Waals surface area contributed by atoms with Crippen LogP contribution in [0.25, 0.3) is 10.9 Å². The van der Waals surface area contributed by atoms with E-state index >= 15 is 0 Å².